The zero-order valence-corrected chi connectivity index (χ0v) is 15.0. The monoisotopic (exact) mass is 330 g/mol. The first-order valence-electron chi connectivity index (χ1n) is 9.77. The second-order valence-corrected chi connectivity index (χ2v) is 9.15. The first-order valence-corrected chi connectivity index (χ1v) is 9.77. The Labute approximate surface area is 144 Å². The lowest BCUT2D eigenvalue weighted by molar-refractivity contribution is -0.130. The number of aliphatic hydroxyl groups is 1. The van der Waals surface area contributed by atoms with Crippen molar-refractivity contribution in [1.29, 1.82) is 0 Å². The van der Waals surface area contributed by atoms with Gasteiger partial charge >= 0.3 is 0 Å². The van der Waals surface area contributed by atoms with Crippen molar-refractivity contribution >= 4 is 11.6 Å². The number of rotatable bonds is 2. The Hall–Kier alpha value is -0.960. The van der Waals surface area contributed by atoms with Crippen molar-refractivity contribution in [2.75, 3.05) is 6.61 Å². The predicted octanol–water partition coefficient (Wildman–Crippen LogP) is 3.70. The van der Waals surface area contributed by atoms with Crippen molar-refractivity contribution < 1.29 is 14.7 Å². The van der Waals surface area contributed by atoms with Gasteiger partial charge in [0.05, 0.1) is 6.61 Å². The summed E-state index contributed by atoms with van der Waals surface area (Å²) in [5, 5.41) is 10.3. The van der Waals surface area contributed by atoms with E-state index in [2.05, 4.69) is 6.92 Å². The van der Waals surface area contributed by atoms with Crippen LogP contribution in [0, 0.1) is 34.5 Å². The fourth-order valence-electron chi connectivity index (χ4n) is 7.33. The molecule has 3 nitrogen and oxygen atoms in total. The van der Waals surface area contributed by atoms with Gasteiger partial charge in [-0.15, -0.1) is 0 Å². The molecule has 1 N–H and O–H groups in total. The Morgan fingerprint density at radius 1 is 1.17 bits per heavy atom. The topological polar surface area (TPSA) is 54.4 Å². The van der Waals surface area contributed by atoms with Gasteiger partial charge in [0.2, 0.25) is 0 Å². The van der Waals surface area contributed by atoms with Crippen LogP contribution in [0.3, 0.4) is 0 Å². The maximum atomic E-state index is 12.2. The van der Waals surface area contributed by atoms with E-state index in [1.54, 1.807) is 6.92 Å². The first-order chi connectivity index (χ1) is 11.4. The zero-order valence-electron chi connectivity index (χ0n) is 15.0. The summed E-state index contributed by atoms with van der Waals surface area (Å²) in [5.41, 5.74) is 1.24. The van der Waals surface area contributed by atoms with Crippen molar-refractivity contribution in [3.8, 4) is 0 Å². The molecule has 24 heavy (non-hydrogen) atoms. The lowest BCUT2D eigenvalue weighted by Gasteiger charge is -2.58. The number of hydrogen-bond donors (Lipinski definition) is 1. The Bertz CT molecular complexity index is 606. The average Bonchev–Trinajstić information content (AvgIpc) is 2.91. The van der Waals surface area contributed by atoms with Crippen LogP contribution in [0.25, 0.3) is 0 Å². The molecule has 0 bridgehead atoms. The summed E-state index contributed by atoms with van der Waals surface area (Å²) < 4.78 is 0. The maximum Gasteiger partial charge on any atom is 0.155 e. The molecule has 0 aliphatic heterocycles. The molecule has 0 spiro atoms. The minimum Gasteiger partial charge on any atom is -0.395 e. The van der Waals surface area contributed by atoms with Crippen molar-refractivity contribution in [1.82, 2.24) is 0 Å². The average molecular weight is 330 g/mol. The molecule has 4 rings (SSSR count). The predicted molar refractivity (Wildman–Crippen MR) is 92.3 cm³/mol. The zero-order chi connectivity index (χ0) is 17.1. The molecule has 132 valence electrons. The SMILES string of the molecule is CC(=O)[C@@H]1CC[C@H]2[C@@H]3CCC4=CC(=O)CC[C@]4(CO)[C@@H]3CC[C@]12C. The van der Waals surface area contributed by atoms with Gasteiger partial charge in [-0.2, -0.15) is 0 Å². The van der Waals surface area contributed by atoms with Crippen LogP contribution in [-0.2, 0) is 9.59 Å². The summed E-state index contributed by atoms with van der Waals surface area (Å²) in [5.74, 6) is 2.58. The van der Waals surface area contributed by atoms with Crippen LogP contribution in [-0.4, -0.2) is 23.3 Å². The van der Waals surface area contributed by atoms with Gasteiger partial charge in [-0.3, -0.25) is 9.59 Å². The van der Waals surface area contributed by atoms with E-state index in [1.807, 2.05) is 6.08 Å². The molecule has 3 heteroatoms. The number of aliphatic hydroxyl groups excluding tert-OH is 1. The molecule has 0 saturated heterocycles. The Kier molecular flexibility index (Phi) is 3.80. The van der Waals surface area contributed by atoms with Crippen molar-refractivity contribution in [3.05, 3.63) is 11.6 Å². The van der Waals surface area contributed by atoms with E-state index in [9.17, 15) is 14.7 Å². The molecule has 0 aromatic carbocycles. The summed E-state index contributed by atoms with van der Waals surface area (Å²) in [6.45, 7) is 4.31. The van der Waals surface area contributed by atoms with Crippen LogP contribution in [0.4, 0.5) is 0 Å². The molecule has 6 atom stereocenters. The number of ketones is 2. The summed E-state index contributed by atoms with van der Waals surface area (Å²) in [6, 6.07) is 0. The third-order valence-electron chi connectivity index (χ3n) is 8.46. The van der Waals surface area contributed by atoms with Crippen LogP contribution < -0.4 is 0 Å². The van der Waals surface area contributed by atoms with Crippen molar-refractivity contribution in [2.45, 2.75) is 65.2 Å². The number of hydrogen-bond acceptors (Lipinski definition) is 3. The van der Waals surface area contributed by atoms with Crippen LogP contribution in [0.5, 0.6) is 0 Å². The van der Waals surface area contributed by atoms with Crippen LogP contribution in [0.15, 0.2) is 11.6 Å². The highest BCUT2D eigenvalue weighted by Gasteiger charge is 2.60. The Morgan fingerprint density at radius 2 is 1.96 bits per heavy atom. The number of Topliss-reactive ketones (excluding diaryl/α,β-unsaturated/α-hetero) is 1. The second kappa shape index (κ2) is 5.52. The summed E-state index contributed by atoms with van der Waals surface area (Å²) in [6.07, 6.45) is 9.80. The molecule has 4 aliphatic rings. The highest BCUT2D eigenvalue weighted by Crippen LogP contribution is 2.66. The molecule has 0 radical (unpaired) electrons. The van der Waals surface area contributed by atoms with Gasteiger partial charge in [-0.05, 0) is 81.1 Å². The van der Waals surface area contributed by atoms with E-state index in [0.29, 0.717) is 30.0 Å². The molecule has 0 aromatic heterocycles. The van der Waals surface area contributed by atoms with E-state index >= 15 is 0 Å². The quantitative estimate of drug-likeness (QED) is 0.840. The van der Waals surface area contributed by atoms with Gasteiger partial charge in [0.25, 0.3) is 0 Å². The number of carbonyl (C=O) groups is 2. The largest absolute Gasteiger partial charge is 0.395 e. The minimum absolute atomic E-state index is 0.146. The molecule has 0 amide bonds. The number of carbonyl (C=O) groups excluding carboxylic acids is 2. The van der Waals surface area contributed by atoms with Gasteiger partial charge < -0.3 is 5.11 Å². The highest BCUT2D eigenvalue weighted by molar-refractivity contribution is 5.91. The normalized spacial score (nSPS) is 47.5. The molecular formula is C21H30O3. The summed E-state index contributed by atoms with van der Waals surface area (Å²) in [4.78, 5) is 24.1. The van der Waals surface area contributed by atoms with Crippen LogP contribution >= 0.6 is 0 Å². The molecule has 4 aliphatic carbocycles. The lowest BCUT2D eigenvalue weighted by atomic mass is 9.46. The highest BCUT2D eigenvalue weighted by atomic mass is 16.3. The summed E-state index contributed by atoms with van der Waals surface area (Å²) >= 11 is 0. The molecule has 0 aromatic rings. The summed E-state index contributed by atoms with van der Waals surface area (Å²) in [7, 11) is 0. The van der Waals surface area contributed by atoms with Gasteiger partial charge in [0.15, 0.2) is 5.78 Å². The first kappa shape index (κ1) is 16.5. The fraction of sp³-hybridized carbons (Fsp3) is 0.810. The van der Waals surface area contributed by atoms with Gasteiger partial charge in [0, 0.05) is 17.8 Å². The maximum absolute atomic E-state index is 12.2. The van der Waals surface area contributed by atoms with Crippen LogP contribution in [0.1, 0.15) is 65.2 Å². The van der Waals surface area contributed by atoms with Crippen LogP contribution in [0.2, 0.25) is 0 Å². The fourth-order valence-corrected chi connectivity index (χ4v) is 7.33. The second-order valence-electron chi connectivity index (χ2n) is 9.15. The van der Waals surface area contributed by atoms with E-state index < -0.39 is 0 Å². The third kappa shape index (κ3) is 2.06. The van der Waals surface area contributed by atoms with Crippen molar-refractivity contribution in [2.24, 2.45) is 34.5 Å². The van der Waals surface area contributed by atoms with E-state index in [0.717, 1.165) is 38.5 Å². The Morgan fingerprint density at radius 3 is 2.67 bits per heavy atom. The molecule has 0 heterocycles. The van der Waals surface area contributed by atoms with Gasteiger partial charge in [0.1, 0.15) is 5.78 Å². The van der Waals surface area contributed by atoms with E-state index in [-0.39, 0.29) is 29.1 Å². The molecule has 3 saturated carbocycles. The Balaban J connectivity index is 1.69. The van der Waals surface area contributed by atoms with Gasteiger partial charge in [-0.25, -0.2) is 0 Å². The third-order valence-corrected chi connectivity index (χ3v) is 8.46. The minimum atomic E-state index is -0.146. The molecule has 3 fully saturated rings. The smallest absolute Gasteiger partial charge is 0.155 e. The van der Waals surface area contributed by atoms with Gasteiger partial charge in [-0.1, -0.05) is 12.5 Å². The van der Waals surface area contributed by atoms with E-state index in [4.69, 9.17) is 0 Å². The molecule has 0 unspecified atom stereocenters. The molecular weight excluding hydrogens is 300 g/mol. The van der Waals surface area contributed by atoms with E-state index in [1.165, 1.54) is 12.0 Å². The van der Waals surface area contributed by atoms with Crippen molar-refractivity contribution in [3.63, 3.8) is 0 Å². The lowest BCUT2D eigenvalue weighted by Crippen LogP contribution is -2.53. The number of fused-ring (bicyclic) bond motifs is 5. The standard InChI is InChI=1S/C21H30O3/c1-13(23)17-5-6-18-16-4-3-14-11-15(24)7-10-21(14,12-22)19(16)8-9-20(17,18)2/h11,16-19,22H,3-10,12H2,1-2H3/t16-,17-,18-,19+,20+,21+/m0/s1.